The van der Waals surface area contributed by atoms with Crippen molar-refractivity contribution in [2.24, 2.45) is 17.3 Å². The van der Waals surface area contributed by atoms with Gasteiger partial charge in [-0.2, -0.15) is 0 Å². The van der Waals surface area contributed by atoms with E-state index in [9.17, 15) is 14.7 Å². The molecule has 27 heavy (non-hydrogen) atoms. The van der Waals surface area contributed by atoms with Crippen molar-refractivity contribution < 1.29 is 38.4 Å². The van der Waals surface area contributed by atoms with Gasteiger partial charge < -0.3 is 28.8 Å². The van der Waals surface area contributed by atoms with Crippen LogP contribution in [0.1, 0.15) is 33.1 Å². The molecule has 5 aliphatic rings. The molecule has 5 fully saturated rings. The summed E-state index contributed by atoms with van der Waals surface area (Å²) in [7, 11) is 0. The summed E-state index contributed by atoms with van der Waals surface area (Å²) in [5.74, 6) is -1.28. The normalized spacial score (nSPS) is 46.4. The molecule has 8 nitrogen and oxygen atoms in total. The minimum absolute atomic E-state index is 0.0332. The third-order valence-corrected chi connectivity index (χ3v) is 6.43. The zero-order valence-electron chi connectivity index (χ0n) is 15.5. The van der Waals surface area contributed by atoms with Crippen LogP contribution in [-0.2, 0) is 33.3 Å². The third kappa shape index (κ3) is 3.06. The van der Waals surface area contributed by atoms with E-state index in [1.165, 1.54) is 0 Å². The van der Waals surface area contributed by atoms with Crippen molar-refractivity contribution in [1.29, 1.82) is 0 Å². The van der Waals surface area contributed by atoms with Gasteiger partial charge in [0.1, 0.15) is 18.3 Å². The van der Waals surface area contributed by atoms with E-state index in [4.69, 9.17) is 23.7 Å². The summed E-state index contributed by atoms with van der Waals surface area (Å²) in [6.07, 6.45) is 0.882. The van der Waals surface area contributed by atoms with E-state index in [0.29, 0.717) is 19.3 Å². The van der Waals surface area contributed by atoms with Crippen LogP contribution in [0.3, 0.4) is 0 Å². The molecule has 5 heterocycles. The highest BCUT2D eigenvalue weighted by molar-refractivity contribution is 5.75. The van der Waals surface area contributed by atoms with Crippen molar-refractivity contribution in [3.05, 3.63) is 0 Å². The Morgan fingerprint density at radius 3 is 2.11 bits per heavy atom. The fraction of sp³-hybridized carbons (Fsp3) is 0.895. The van der Waals surface area contributed by atoms with E-state index in [0.717, 1.165) is 0 Å². The number of carbonyl (C=O) groups excluding carboxylic acids is 2. The summed E-state index contributed by atoms with van der Waals surface area (Å²) in [4.78, 5) is 24.8. The monoisotopic (exact) mass is 382 g/mol. The molecule has 8 heteroatoms. The van der Waals surface area contributed by atoms with Crippen LogP contribution < -0.4 is 0 Å². The molecule has 0 saturated carbocycles. The van der Waals surface area contributed by atoms with Crippen LogP contribution in [-0.4, -0.2) is 73.0 Å². The summed E-state index contributed by atoms with van der Waals surface area (Å²) >= 11 is 0. The molecule has 150 valence electrons. The van der Waals surface area contributed by atoms with Crippen LogP contribution in [0.15, 0.2) is 0 Å². The topological polar surface area (TPSA) is 104 Å². The zero-order chi connectivity index (χ0) is 18.9. The summed E-state index contributed by atoms with van der Waals surface area (Å²) in [6.45, 7) is 4.08. The van der Waals surface area contributed by atoms with Crippen LogP contribution in [0.4, 0.5) is 0 Å². The van der Waals surface area contributed by atoms with Gasteiger partial charge in [0, 0.05) is 11.8 Å². The minimum atomic E-state index is -0.589. The SMILES string of the molecule is CC(C)(COC(=O)C1CC2CC(O)C1O2)COC(=O)C1CC2OC1C1OC21. The van der Waals surface area contributed by atoms with Crippen molar-refractivity contribution in [3.63, 3.8) is 0 Å². The molecule has 1 N–H and O–H groups in total. The smallest absolute Gasteiger partial charge is 0.311 e. The molecule has 9 atom stereocenters. The number of epoxide rings is 1. The Bertz CT molecular complexity index is 620. The second kappa shape index (κ2) is 6.14. The van der Waals surface area contributed by atoms with Gasteiger partial charge in [-0.3, -0.25) is 9.59 Å². The lowest BCUT2D eigenvalue weighted by Gasteiger charge is -2.27. The van der Waals surface area contributed by atoms with Crippen LogP contribution in [0.2, 0.25) is 0 Å². The number of esters is 2. The van der Waals surface area contributed by atoms with Crippen molar-refractivity contribution in [2.45, 2.75) is 75.8 Å². The molecule has 0 aromatic heterocycles. The molecule has 9 unspecified atom stereocenters. The first-order valence-electron chi connectivity index (χ1n) is 9.80. The zero-order valence-corrected chi connectivity index (χ0v) is 15.5. The van der Waals surface area contributed by atoms with Gasteiger partial charge in [0.25, 0.3) is 0 Å². The number of ether oxygens (including phenoxy) is 5. The quantitative estimate of drug-likeness (QED) is 0.513. The maximum Gasteiger partial charge on any atom is 0.311 e. The van der Waals surface area contributed by atoms with Crippen LogP contribution in [0.5, 0.6) is 0 Å². The molecule has 0 aliphatic carbocycles. The fourth-order valence-corrected chi connectivity index (χ4v) is 4.91. The Morgan fingerprint density at radius 2 is 1.56 bits per heavy atom. The van der Waals surface area contributed by atoms with Crippen molar-refractivity contribution in [1.82, 2.24) is 0 Å². The summed E-state index contributed by atoms with van der Waals surface area (Å²) in [6, 6.07) is 0. The van der Waals surface area contributed by atoms with E-state index in [-0.39, 0.29) is 61.6 Å². The molecular formula is C19H26O8. The molecule has 5 aliphatic heterocycles. The second-order valence-electron chi connectivity index (χ2n) is 9.29. The number of carbonyl (C=O) groups is 2. The number of aliphatic hydroxyl groups is 1. The number of hydrogen-bond acceptors (Lipinski definition) is 8. The Balaban J connectivity index is 1.08. The molecule has 5 saturated heterocycles. The van der Waals surface area contributed by atoms with Crippen molar-refractivity contribution in [3.8, 4) is 0 Å². The van der Waals surface area contributed by atoms with Gasteiger partial charge in [-0.1, -0.05) is 13.8 Å². The second-order valence-corrected chi connectivity index (χ2v) is 9.29. The molecule has 0 radical (unpaired) electrons. The Kier molecular flexibility index (Phi) is 4.06. The average molecular weight is 382 g/mol. The summed E-state index contributed by atoms with van der Waals surface area (Å²) in [5.41, 5.74) is -0.500. The highest BCUT2D eigenvalue weighted by Crippen LogP contribution is 2.51. The number of aliphatic hydroxyl groups excluding tert-OH is 1. The van der Waals surface area contributed by atoms with Crippen molar-refractivity contribution >= 4 is 11.9 Å². The number of hydrogen-bond donors (Lipinski definition) is 1. The van der Waals surface area contributed by atoms with Crippen LogP contribution in [0, 0.1) is 17.3 Å². The first-order chi connectivity index (χ1) is 12.8. The number of fused-ring (bicyclic) bond motifs is 7. The molecule has 4 bridgehead atoms. The maximum absolute atomic E-state index is 12.4. The van der Waals surface area contributed by atoms with Gasteiger partial charge in [0.05, 0.1) is 49.5 Å². The lowest BCUT2D eigenvalue weighted by Crippen LogP contribution is -2.38. The molecule has 0 spiro atoms. The molecule has 0 aromatic carbocycles. The van der Waals surface area contributed by atoms with E-state index < -0.39 is 23.5 Å². The highest BCUT2D eigenvalue weighted by Gasteiger charge is 2.66. The Labute approximate surface area is 157 Å². The Morgan fingerprint density at radius 1 is 0.889 bits per heavy atom. The molecular weight excluding hydrogens is 356 g/mol. The van der Waals surface area contributed by atoms with Gasteiger partial charge in [0.2, 0.25) is 0 Å². The van der Waals surface area contributed by atoms with Gasteiger partial charge in [0.15, 0.2) is 0 Å². The first-order valence-corrected chi connectivity index (χ1v) is 9.80. The lowest BCUT2D eigenvalue weighted by molar-refractivity contribution is -0.160. The summed E-state index contributed by atoms with van der Waals surface area (Å²) in [5, 5.41) is 9.87. The van der Waals surface area contributed by atoms with Gasteiger partial charge >= 0.3 is 11.9 Å². The van der Waals surface area contributed by atoms with E-state index in [1.54, 1.807) is 0 Å². The minimum Gasteiger partial charge on any atom is -0.465 e. The number of rotatable bonds is 6. The van der Waals surface area contributed by atoms with E-state index >= 15 is 0 Å². The van der Waals surface area contributed by atoms with Gasteiger partial charge in [-0.15, -0.1) is 0 Å². The predicted molar refractivity (Wildman–Crippen MR) is 88.5 cm³/mol. The Hall–Kier alpha value is -1.22. The molecule has 0 aromatic rings. The highest BCUT2D eigenvalue weighted by atomic mass is 16.7. The van der Waals surface area contributed by atoms with E-state index in [2.05, 4.69) is 0 Å². The van der Waals surface area contributed by atoms with Gasteiger partial charge in [-0.05, 0) is 12.8 Å². The molecule has 0 amide bonds. The third-order valence-electron chi connectivity index (χ3n) is 6.43. The summed E-state index contributed by atoms with van der Waals surface area (Å²) < 4.78 is 27.8. The standard InChI is InChI=1S/C19H26O8/c1-19(2,6-23-17(21)9-3-8-4-11(20)13(9)25-8)7-24-18(22)10-5-12-15-16(27-15)14(10)26-12/h8-16,20H,3-7H2,1-2H3. The van der Waals surface area contributed by atoms with Crippen LogP contribution in [0.25, 0.3) is 0 Å². The average Bonchev–Trinajstić information content (AvgIpc) is 2.96. The van der Waals surface area contributed by atoms with Crippen LogP contribution >= 0.6 is 0 Å². The molecule has 5 rings (SSSR count). The first kappa shape index (κ1) is 17.8. The predicted octanol–water partition coefficient (Wildman–Crippen LogP) is 0.192. The lowest BCUT2D eigenvalue weighted by atomic mass is 9.87. The fourth-order valence-electron chi connectivity index (χ4n) is 4.91. The van der Waals surface area contributed by atoms with Gasteiger partial charge in [-0.25, -0.2) is 0 Å². The maximum atomic E-state index is 12.4. The largest absolute Gasteiger partial charge is 0.465 e. The van der Waals surface area contributed by atoms with Crippen molar-refractivity contribution in [2.75, 3.05) is 13.2 Å². The van der Waals surface area contributed by atoms with E-state index in [1.807, 2.05) is 13.8 Å².